The molecule has 1 saturated heterocycles. The smallest absolute Gasteiger partial charge is 0.318 e. The lowest BCUT2D eigenvalue weighted by atomic mass is 9.94. The summed E-state index contributed by atoms with van der Waals surface area (Å²) in [5.41, 5.74) is 5.02. The van der Waals surface area contributed by atoms with Crippen LogP contribution < -0.4 is 16.4 Å². The minimum absolute atomic E-state index is 0.313. The summed E-state index contributed by atoms with van der Waals surface area (Å²) in [4.78, 5) is 25.0. The molecule has 0 aromatic carbocycles. The fourth-order valence-corrected chi connectivity index (χ4v) is 2.88. The molecule has 0 aliphatic carbocycles. The number of imide groups is 1. The van der Waals surface area contributed by atoms with E-state index in [4.69, 9.17) is 5.73 Å². The van der Waals surface area contributed by atoms with Gasteiger partial charge in [-0.05, 0) is 46.2 Å². The number of hydrogen-bond acceptors (Lipinski definition) is 4. The Morgan fingerprint density at radius 3 is 2.65 bits per heavy atom. The fraction of sp³-hybridized carbons (Fsp3) is 0.857. The lowest BCUT2D eigenvalue weighted by Crippen LogP contribution is -2.58. The standard InChI is InChI=1S/C14H28N4O2/c1-4-8-16-10(2)12-7-5-6-9-18(12)11(3)13(19)17-14(15)20/h10-12,16H,4-9H2,1-3H3,(H3,15,17,19,20). The topological polar surface area (TPSA) is 87.5 Å². The third-order valence-electron chi connectivity index (χ3n) is 4.01. The van der Waals surface area contributed by atoms with Crippen molar-refractivity contribution >= 4 is 11.9 Å². The molecule has 0 radical (unpaired) electrons. The van der Waals surface area contributed by atoms with Crippen LogP contribution in [0.2, 0.25) is 0 Å². The van der Waals surface area contributed by atoms with Gasteiger partial charge in [-0.15, -0.1) is 0 Å². The van der Waals surface area contributed by atoms with Crippen molar-refractivity contribution in [1.29, 1.82) is 0 Å². The quantitative estimate of drug-likeness (QED) is 0.673. The molecule has 116 valence electrons. The predicted molar refractivity (Wildman–Crippen MR) is 79.3 cm³/mol. The van der Waals surface area contributed by atoms with E-state index in [1.807, 2.05) is 6.92 Å². The van der Waals surface area contributed by atoms with Crippen molar-refractivity contribution in [1.82, 2.24) is 15.5 Å². The van der Waals surface area contributed by atoms with Crippen LogP contribution in [0.3, 0.4) is 0 Å². The molecule has 1 rings (SSSR count). The molecule has 6 heteroatoms. The van der Waals surface area contributed by atoms with Crippen LogP contribution >= 0.6 is 0 Å². The Kier molecular flexibility index (Phi) is 6.95. The zero-order valence-electron chi connectivity index (χ0n) is 12.8. The van der Waals surface area contributed by atoms with Crippen LogP contribution in [-0.2, 0) is 4.79 Å². The number of rotatable bonds is 6. The van der Waals surface area contributed by atoms with Crippen LogP contribution in [0.5, 0.6) is 0 Å². The van der Waals surface area contributed by atoms with Crippen LogP contribution in [-0.4, -0.2) is 48.1 Å². The molecule has 0 aromatic heterocycles. The minimum atomic E-state index is -0.785. The lowest BCUT2D eigenvalue weighted by molar-refractivity contribution is -0.126. The second kappa shape index (κ2) is 8.21. The molecule has 3 atom stereocenters. The Morgan fingerprint density at radius 1 is 1.35 bits per heavy atom. The molecule has 1 aliphatic rings. The maximum absolute atomic E-state index is 12.0. The van der Waals surface area contributed by atoms with Gasteiger partial charge in [-0.2, -0.15) is 0 Å². The van der Waals surface area contributed by atoms with Gasteiger partial charge in [-0.3, -0.25) is 15.0 Å². The maximum Gasteiger partial charge on any atom is 0.318 e. The van der Waals surface area contributed by atoms with Crippen LogP contribution in [0.25, 0.3) is 0 Å². The van der Waals surface area contributed by atoms with Crippen LogP contribution in [0.15, 0.2) is 0 Å². The molecule has 20 heavy (non-hydrogen) atoms. The van der Waals surface area contributed by atoms with Gasteiger partial charge in [0.05, 0.1) is 6.04 Å². The number of primary amides is 1. The number of carbonyl (C=O) groups excluding carboxylic acids is 2. The van der Waals surface area contributed by atoms with E-state index in [9.17, 15) is 9.59 Å². The van der Waals surface area contributed by atoms with Crippen molar-refractivity contribution in [3.8, 4) is 0 Å². The van der Waals surface area contributed by atoms with Gasteiger partial charge in [0, 0.05) is 12.1 Å². The highest BCUT2D eigenvalue weighted by Gasteiger charge is 2.33. The van der Waals surface area contributed by atoms with Crippen molar-refractivity contribution in [2.24, 2.45) is 5.73 Å². The minimum Gasteiger partial charge on any atom is -0.351 e. The van der Waals surface area contributed by atoms with Crippen LogP contribution in [0, 0.1) is 0 Å². The van der Waals surface area contributed by atoms with E-state index in [2.05, 4.69) is 29.4 Å². The van der Waals surface area contributed by atoms with Gasteiger partial charge in [-0.25, -0.2) is 4.79 Å². The zero-order valence-corrected chi connectivity index (χ0v) is 12.8. The van der Waals surface area contributed by atoms with Gasteiger partial charge >= 0.3 is 6.03 Å². The number of carbonyl (C=O) groups is 2. The summed E-state index contributed by atoms with van der Waals surface area (Å²) in [6.07, 6.45) is 4.44. The van der Waals surface area contributed by atoms with E-state index in [0.717, 1.165) is 32.4 Å². The summed E-state index contributed by atoms with van der Waals surface area (Å²) in [6.45, 7) is 8.01. The van der Waals surface area contributed by atoms with E-state index in [-0.39, 0.29) is 11.9 Å². The summed E-state index contributed by atoms with van der Waals surface area (Å²) < 4.78 is 0. The van der Waals surface area contributed by atoms with Crippen molar-refractivity contribution < 1.29 is 9.59 Å². The number of nitrogens with one attached hydrogen (secondary N) is 2. The fourth-order valence-electron chi connectivity index (χ4n) is 2.88. The number of hydrogen-bond donors (Lipinski definition) is 3. The average molecular weight is 284 g/mol. The second-order valence-electron chi connectivity index (χ2n) is 5.57. The SMILES string of the molecule is CCCNC(C)C1CCCCN1C(C)C(=O)NC(N)=O. The van der Waals surface area contributed by atoms with Gasteiger partial charge in [0.15, 0.2) is 0 Å². The molecule has 1 fully saturated rings. The maximum atomic E-state index is 12.0. The lowest BCUT2D eigenvalue weighted by Gasteiger charge is -2.42. The van der Waals surface area contributed by atoms with Crippen molar-refractivity contribution in [3.63, 3.8) is 0 Å². The van der Waals surface area contributed by atoms with Gasteiger partial charge < -0.3 is 11.1 Å². The molecule has 0 bridgehead atoms. The highest BCUT2D eigenvalue weighted by atomic mass is 16.2. The summed E-state index contributed by atoms with van der Waals surface area (Å²) >= 11 is 0. The highest BCUT2D eigenvalue weighted by molar-refractivity contribution is 5.96. The van der Waals surface area contributed by atoms with Crippen molar-refractivity contribution in [2.45, 2.75) is 64.6 Å². The normalized spacial score (nSPS) is 23.1. The molecule has 4 N–H and O–H groups in total. The molecule has 0 spiro atoms. The van der Waals surface area contributed by atoms with E-state index < -0.39 is 6.03 Å². The van der Waals surface area contributed by atoms with E-state index >= 15 is 0 Å². The van der Waals surface area contributed by atoms with Crippen LogP contribution in [0.4, 0.5) is 4.79 Å². The van der Waals surface area contributed by atoms with Gasteiger partial charge in [0.2, 0.25) is 5.91 Å². The van der Waals surface area contributed by atoms with Gasteiger partial charge in [0.1, 0.15) is 0 Å². The van der Waals surface area contributed by atoms with Crippen molar-refractivity contribution in [2.75, 3.05) is 13.1 Å². The molecule has 0 saturated carbocycles. The molecule has 0 aromatic rings. The molecule has 6 nitrogen and oxygen atoms in total. The van der Waals surface area contributed by atoms with Gasteiger partial charge in [0.25, 0.3) is 0 Å². The van der Waals surface area contributed by atoms with Crippen molar-refractivity contribution in [3.05, 3.63) is 0 Å². The number of nitrogens with two attached hydrogens (primary N) is 1. The number of nitrogens with zero attached hydrogens (tertiary/aromatic N) is 1. The Labute approximate surface area is 121 Å². The second-order valence-corrected chi connectivity index (χ2v) is 5.57. The summed E-state index contributed by atoms with van der Waals surface area (Å²) in [7, 11) is 0. The van der Waals surface area contributed by atoms with Crippen LogP contribution in [0.1, 0.15) is 46.5 Å². The molecule has 3 unspecified atom stereocenters. The molecule has 1 aliphatic heterocycles. The molecule has 3 amide bonds. The van der Waals surface area contributed by atoms with Gasteiger partial charge in [-0.1, -0.05) is 13.3 Å². The molecular formula is C14H28N4O2. The predicted octanol–water partition coefficient (Wildman–Crippen LogP) is 0.812. The van der Waals surface area contributed by atoms with E-state index in [0.29, 0.717) is 12.1 Å². The Morgan fingerprint density at radius 2 is 2.05 bits per heavy atom. The average Bonchev–Trinajstić information content (AvgIpc) is 2.43. The summed E-state index contributed by atoms with van der Waals surface area (Å²) in [5, 5.41) is 5.68. The summed E-state index contributed by atoms with van der Waals surface area (Å²) in [5.74, 6) is -0.313. The van der Waals surface area contributed by atoms with E-state index in [1.165, 1.54) is 6.42 Å². The number of amides is 3. The first-order valence-electron chi connectivity index (χ1n) is 7.56. The van der Waals surface area contributed by atoms with E-state index in [1.54, 1.807) is 0 Å². The summed E-state index contributed by atoms with van der Waals surface area (Å²) in [6, 6.07) is -0.464. The largest absolute Gasteiger partial charge is 0.351 e. The molecule has 1 heterocycles. The third kappa shape index (κ3) is 4.76. The first-order valence-corrected chi connectivity index (χ1v) is 7.56. The zero-order chi connectivity index (χ0) is 15.1. The first kappa shape index (κ1) is 16.9. The number of piperidine rings is 1. The Balaban J connectivity index is 2.67. The molecular weight excluding hydrogens is 256 g/mol. The number of likely N-dealkylation sites (tertiary alicyclic amines) is 1. The Bertz CT molecular complexity index is 335. The first-order chi connectivity index (χ1) is 9.47. The Hall–Kier alpha value is -1.14. The monoisotopic (exact) mass is 284 g/mol. The third-order valence-corrected chi connectivity index (χ3v) is 4.01. The highest BCUT2D eigenvalue weighted by Crippen LogP contribution is 2.22. The number of urea groups is 1.